The van der Waals surface area contributed by atoms with Gasteiger partial charge in [-0.2, -0.15) is 0 Å². The Bertz CT molecular complexity index is 1380. The lowest BCUT2D eigenvalue weighted by molar-refractivity contribution is -0.140. The SMILES string of the molecule is COc1cccc(N(CC(=O)N(Cc2ccccc2Cl)[C@H](Cc2ccccc2)C(=O)NC(C)C)S(C)(=O)=O)c1. The predicted molar refractivity (Wildman–Crippen MR) is 154 cm³/mol. The first-order valence-electron chi connectivity index (χ1n) is 12.5. The van der Waals surface area contributed by atoms with Crippen LogP contribution in [0.1, 0.15) is 25.0 Å². The van der Waals surface area contributed by atoms with Crippen LogP contribution >= 0.6 is 11.6 Å². The average Bonchev–Trinajstić information content (AvgIpc) is 2.89. The number of halogens is 1. The van der Waals surface area contributed by atoms with Crippen LogP contribution < -0.4 is 14.4 Å². The third-order valence-corrected chi connectivity index (χ3v) is 7.53. The second-order valence-corrected chi connectivity index (χ2v) is 11.8. The van der Waals surface area contributed by atoms with Crippen LogP contribution in [0.25, 0.3) is 0 Å². The molecular weight excluding hydrogens is 538 g/mol. The van der Waals surface area contributed by atoms with E-state index in [1.54, 1.807) is 48.5 Å². The minimum absolute atomic E-state index is 0.0111. The predicted octanol–water partition coefficient (Wildman–Crippen LogP) is 4.28. The van der Waals surface area contributed by atoms with E-state index in [0.717, 1.165) is 16.1 Å². The Morgan fingerprint density at radius 3 is 2.26 bits per heavy atom. The minimum Gasteiger partial charge on any atom is -0.497 e. The van der Waals surface area contributed by atoms with E-state index in [1.807, 2.05) is 44.2 Å². The number of carbonyl (C=O) groups is 2. The second-order valence-electron chi connectivity index (χ2n) is 9.45. The van der Waals surface area contributed by atoms with Gasteiger partial charge in [0.1, 0.15) is 18.3 Å². The van der Waals surface area contributed by atoms with Crippen LogP contribution in [-0.2, 0) is 32.6 Å². The molecule has 3 aromatic carbocycles. The highest BCUT2D eigenvalue weighted by Crippen LogP contribution is 2.25. The standard InChI is InChI=1S/C29H34ClN3O5S/c1-21(2)31-29(35)27(17-22-11-6-5-7-12-22)32(19-23-13-8-9-16-26(23)30)28(34)20-33(39(4,36)37)24-14-10-15-25(18-24)38-3/h5-16,18,21,27H,17,19-20H2,1-4H3,(H,31,35)/t27-/m1/s1. The van der Waals surface area contributed by atoms with Gasteiger partial charge in [-0.1, -0.05) is 66.2 Å². The summed E-state index contributed by atoms with van der Waals surface area (Å²) in [5.74, 6) is -0.454. The van der Waals surface area contributed by atoms with Crippen molar-refractivity contribution in [2.45, 2.75) is 38.9 Å². The fraction of sp³-hybridized carbons (Fsp3) is 0.310. The highest BCUT2D eigenvalue weighted by atomic mass is 35.5. The number of rotatable bonds is 12. The molecule has 2 amide bonds. The molecule has 8 nitrogen and oxygen atoms in total. The Kier molecular flexibility index (Phi) is 10.4. The quantitative estimate of drug-likeness (QED) is 0.350. The molecule has 10 heteroatoms. The first-order chi connectivity index (χ1) is 18.5. The molecule has 0 heterocycles. The number of ether oxygens (including phenoxy) is 1. The van der Waals surface area contributed by atoms with Gasteiger partial charge in [0.15, 0.2) is 0 Å². The maximum Gasteiger partial charge on any atom is 0.244 e. The van der Waals surface area contributed by atoms with E-state index in [9.17, 15) is 18.0 Å². The van der Waals surface area contributed by atoms with Gasteiger partial charge in [0.05, 0.1) is 19.1 Å². The first-order valence-corrected chi connectivity index (χ1v) is 14.7. The van der Waals surface area contributed by atoms with Gasteiger partial charge in [-0.05, 0) is 43.2 Å². The molecule has 0 aliphatic carbocycles. The number of nitrogens with one attached hydrogen (secondary N) is 1. The molecule has 0 aliphatic rings. The number of amides is 2. The maximum absolute atomic E-state index is 14.0. The van der Waals surface area contributed by atoms with Crippen molar-refractivity contribution in [3.8, 4) is 5.75 Å². The normalized spacial score (nSPS) is 12.1. The summed E-state index contributed by atoms with van der Waals surface area (Å²) >= 11 is 6.45. The van der Waals surface area contributed by atoms with Crippen LogP contribution in [0.2, 0.25) is 5.02 Å². The molecule has 0 bridgehead atoms. The lowest BCUT2D eigenvalue weighted by Gasteiger charge is -2.34. The molecule has 0 spiro atoms. The van der Waals surface area contributed by atoms with E-state index in [2.05, 4.69) is 5.32 Å². The van der Waals surface area contributed by atoms with Crippen molar-refractivity contribution in [3.05, 3.63) is 95.0 Å². The van der Waals surface area contributed by atoms with Gasteiger partial charge < -0.3 is 15.0 Å². The van der Waals surface area contributed by atoms with Crippen LogP contribution in [0.5, 0.6) is 5.75 Å². The number of anilines is 1. The van der Waals surface area contributed by atoms with E-state index in [-0.39, 0.29) is 30.6 Å². The van der Waals surface area contributed by atoms with Gasteiger partial charge in [0.25, 0.3) is 0 Å². The molecule has 3 rings (SSSR count). The van der Waals surface area contributed by atoms with Crippen molar-refractivity contribution in [1.29, 1.82) is 0 Å². The monoisotopic (exact) mass is 571 g/mol. The lowest BCUT2D eigenvalue weighted by atomic mass is 10.0. The second kappa shape index (κ2) is 13.5. The van der Waals surface area contributed by atoms with E-state index >= 15 is 0 Å². The molecule has 1 atom stereocenters. The molecule has 0 aliphatic heterocycles. The molecule has 0 radical (unpaired) electrons. The van der Waals surface area contributed by atoms with Crippen LogP contribution in [0, 0.1) is 0 Å². The van der Waals surface area contributed by atoms with Gasteiger partial charge >= 0.3 is 0 Å². The van der Waals surface area contributed by atoms with Crippen LogP contribution in [0.3, 0.4) is 0 Å². The van der Waals surface area contributed by atoms with E-state index < -0.39 is 28.5 Å². The highest BCUT2D eigenvalue weighted by molar-refractivity contribution is 7.92. The minimum atomic E-state index is -3.87. The molecule has 208 valence electrons. The molecule has 0 saturated heterocycles. The Balaban J connectivity index is 2.07. The number of methoxy groups -OCH3 is 1. The fourth-order valence-corrected chi connectivity index (χ4v) is 5.16. The third-order valence-electron chi connectivity index (χ3n) is 6.02. The van der Waals surface area contributed by atoms with Crippen LogP contribution in [0.15, 0.2) is 78.9 Å². The molecular formula is C29H34ClN3O5S. The molecule has 0 aromatic heterocycles. The Hall–Kier alpha value is -3.56. The number of hydrogen-bond donors (Lipinski definition) is 1. The van der Waals surface area contributed by atoms with Crippen molar-refractivity contribution in [2.24, 2.45) is 0 Å². The Morgan fingerprint density at radius 1 is 0.974 bits per heavy atom. The van der Waals surface area contributed by atoms with Crippen LogP contribution in [0.4, 0.5) is 5.69 Å². The fourth-order valence-electron chi connectivity index (χ4n) is 4.12. The maximum atomic E-state index is 14.0. The molecule has 0 unspecified atom stereocenters. The van der Waals surface area contributed by atoms with E-state index in [1.165, 1.54) is 12.0 Å². The first kappa shape index (κ1) is 30.0. The van der Waals surface area contributed by atoms with Gasteiger partial charge in [-0.25, -0.2) is 8.42 Å². The zero-order valence-corrected chi connectivity index (χ0v) is 24.1. The summed E-state index contributed by atoms with van der Waals surface area (Å²) in [5, 5.41) is 3.35. The van der Waals surface area contributed by atoms with Crippen LogP contribution in [-0.4, -0.2) is 57.1 Å². The summed E-state index contributed by atoms with van der Waals surface area (Å²) in [5.41, 5.74) is 1.76. The van der Waals surface area contributed by atoms with Gasteiger partial charge in [0, 0.05) is 30.1 Å². The summed E-state index contributed by atoms with van der Waals surface area (Å²) in [6, 6.07) is 21.8. The number of nitrogens with zero attached hydrogens (tertiary/aromatic N) is 2. The number of sulfonamides is 1. The largest absolute Gasteiger partial charge is 0.497 e. The van der Waals surface area contributed by atoms with Gasteiger partial charge in [-0.15, -0.1) is 0 Å². The Morgan fingerprint density at radius 2 is 1.64 bits per heavy atom. The number of benzene rings is 3. The summed E-state index contributed by atoms with van der Waals surface area (Å²) in [6.07, 6.45) is 1.26. The van der Waals surface area contributed by atoms with E-state index in [0.29, 0.717) is 16.3 Å². The molecule has 1 N–H and O–H groups in total. The summed E-state index contributed by atoms with van der Waals surface area (Å²) < 4.78 is 32.0. The molecule has 39 heavy (non-hydrogen) atoms. The molecule has 0 fully saturated rings. The van der Waals surface area contributed by atoms with Crippen molar-refractivity contribution in [1.82, 2.24) is 10.2 Å². The molecule has 0 saturated carbocycles. The highest BCUT2D eigenvalue weighted by Gasteiger charge is 2.33. The smallest absolute Gasteiger partial charge is 0.244 e. The summed E-state index contributed by atoms with van der Waals surface area (Å²) in [4.78, 5) is 29.0. The summed E-state index contributed by atoms with van der Waals surface area (Å²) in [7, 11) is -2.40. The van der Waals surface area contributed by atoms with Crippen molar-refractivity contribution in [2.75, 3.05) is 24.2 Å². The van der Waals surface area contributed by atoms with Gasteiger partial charge in [0.2, 0.25) is 21.8 Å². The molecule has 3 aromatic rings. The lowest BCUT2D eigenvalue weighted by Crippen LogP contribution is -2.54. The third kappa shape index (κ3) is 8.46. The topological polar surface area (TPSA) is 96.0 Å². The van der Waals surface area contributed by atoms with Crippen molar-refractivity contribution >= 4 is 39.1 Å². The summed E-state index contributed by atoms with van der Waals surface area (Å²) in [6.45, 7) is 3.17. The Labute approximate surface area is 235 Å². The van der Waals surface area contributed by atoms with E-state index in [4.69, 9.17) is 16.3 Å². The van der Waals surface area contributed by atoms with Gasteiger partial charge in [-0.3, -0.25) is 13.9 Å². The zero-order chi connectivity index (χ0) is 28.6. The average molecular weight is 572 g/mol. The van der Waals surface area contributed by atoms with Crippen molar-refractivity contribution in [3.63, 3.8) is 0 Å². The van der Waals surface area contributed by atoms with Crippen molar-refractivity contribution < 1.29 is 22.7 Å². The number of carbonyl (C=O) groups excluding carboxylic acids is 2. The number of hydrogen-bond acceptors (Lipinski definition) is 5. The zero-order valence-electron chi connectivity index (χ0n) is 22.5.